The Morgan fingerprint density at radius 2 is 1.87 bits per heavy atom. The third-order valence-electron chi connectivity index (χ3n) is 4.02. The molecule has 1 unspecified atom stereocenters. The molecule has 1 N–H and O–H groups in total. The first-order chi connectivity index (χ1) is 10.7. The zero-order chi connectivity index (χ0) is 17.2. The Morgan fingerprint density at radius 3 is 2.43 bits per heavy atom. The summed E-state index contributed by atoms with van der Waals surface area (Å²) in [5.41, 5.74) is -0.0903. The normalized spacial score (nSPS) is 18.1. The molecule has 128 valence electrons. The van der Waals surface area contributed by atoms with E-state index in [4.69, 9.17) is 0 Å². The fourth-order valence-electron chi connectivity index (χ4n) is 2.69. The van der Waals surface area contributed by atoms with Gasteiger partial charge in [-0.2, -0.15) is 13.2 Å². The molecule has 1 saturated heterocycles. The molecule has 1 heterocycles. The average Bonchev–Trinajstić information content (AvgIpc) is 2.49. The van der Waals surface area contributed by atoms with E-state index in [0.717, 1.165) is 18.2 Å². The maximum atomic E-state index is 13.5. The summed E-state index contributed by atoms with van der Waals surface area (Å²) in [5, 5.41) is 9.22. The Balaban J connectivity index is 1.92. The van der Waals surface area contributed by atoms with Crippen LogP contribution in [0.1, 0.15) is 18.4 Å². The third-order valence-corrected chi connectivity index (χ3v) is 4.02. The molecular weight excluding hydrogens is 321 g/mol. The molecule has 2 rings (SSSR count). The van der Waals surface area contributed by atoms with Gasteiger partial charge in [-0.25, -0.2) is 8.78 Å². The van der Waals surface area contributed by atoms with Gasteiger partial charge in [0.2, 0.25) is 5.91 Å². The fourth-order valence-corrected chi connectivity index (χ4v) is 2.69. The highest BCUT2D eigenvalue weighted by atomic mass is 19.4. The topological polar surface area (TPSA) is 40.5 Å². The van der Waals surface area contributed by atoms with Gasteiger partial charge in [-0.15, -0.1) is 0 Å². The van der Waals surface area contributed by atoms with E-state index < -0.39 is 35.7 Å². The minimum atomic E-state index is -4.68. The summed E-state index contributed by atoms with van der Waals surface area (Å²) >= 11 is 0. The zero-order valence-corrected chi connectivity index (χ0v) is 12.1. The van der Waals surface area contributed by atoms with E-state index >= 15 is 0 Å². The summed E-state index contributed by atoms with van der Waals surface area (Å²) in [4.78, 5) is 13.4. The number of hydrogen-bond donors (Lipinski definition) is 1. The van der Waals surface area contributed by atoms with Crippen LogP contribution >= 0.6 is 0 Å². The minimum Gasteiger partial charge on any atom is -0.383 e. The van der Waals surface area contributed by atoms with Gasteiger partial charge in [0.1, 0.15) is 11.6 Å². The number of aliphatic hydroxyl groups excluding tert-OH is 1. The van der Waals surface area contributed by atoms with E-state index in [9.17, 15) is 31.9 Å². The molecule has 23 heavy (non-hydrogen) atoms. The van der Waals surface area contributed by atoms with Crippen molar-refractivity contribution in [3.63, 3.8) is 0 Å². The van der Waals surface area contributed by atoms with Crippen molar-refractivity contribution in [3.8, 4) is 0 Å². The molecule has 1 aromatic rings. The number of amides is 1. The summed E-state index contributed by atoms with van der Waals surface area (Å²) in [6.07, 6.45) is -7.41. The first kappa shape index (κ1) is 17.7. The number of rotatable bonds is 3. The largest absolute Gasteiger partial charge is 0.414 e. The molecule has 0 aliphatic carbocycles. The van der Waals surface area contributed by atoms with Crippen molar-refractivity contribution < 1.29 is 31.9 Å². The number of likely N-dealkylation sites (tertiary alicyclic amines) is 1. The number of halogens is 5. The molecule has 3 nitrogen and oxygen atoms in total. The molecule has 0 aromatic heterocycles. The van der Waals surface area contributed by atoms with Crippen molar-refractivity contribution >= 4 is 5.91 Å². The van der Waals surface area contributed by atoms with Crippen LogP contribution in [0.5, 0.6) is 0 Å². The van der Waals surface area contributed by atoms with Gasteiger partial charge in [0.25, 0.3) is 0 Å². The second kappa shape index (κ2) is 6.82. The van der Waals surface area contributed by atoms with Crippen LogP contribution in [0.2, 0.25) is 0 Å². The summed E-state index contributed by atoms with van der Waals surface area (Å²) in [6, 6.07) is 2.78. The first-order valence-corrected chi connectivity index (χ1v) is 7.15. The number of aliphatic hydroxyl groups is 1. The SMILES string of the molecule is O=C(Cc1cc(F)ccc1F)N1CCC(C(O)C(F)(F)F)CC1. The summed E-state index contributed by atoms with van der Waals surface area (Å²) < 4.78 is 63.9. The van der Waals surface area contributed by atoms with Crippen molar-refractivity contribution in [1.29, 1.82) is 0 Å². The molecule has 0 radical (unpaired) electrons. The Bertz CT molecular complexity index is 567. The Hall–Kier alpha value is -1.70. The van der Waals surface area contributed by atoms with Crippen LogP contribution < -0.4 is 0 Å². The van der Waals surface area contributed by atoms with E-state index in [-0.39, 0.29) is 37.9 Å². The molecular formula is C15H16F5NO2. The highest BCUT2D eigenvalue weighted by Gasteiger charge is 2.44. The lowest BCUT2D eigenvalue weighted by Gasteiger charge is -2.34. The van der Waals surface area contributed by atoms with E-state index in [0.29, 0.717) is 0 Å². The molecule has 1 aliphatic rings. The van der Waals surface area contributed by atoms with Gasteiger partial charge in [0, 0.05) is 18.7 Å². The standard InChI is InChI=1S/C15H16F5NO2/c16-11-1-2-12(17)10(7-11)8-13(22)21-5-3-9(4-6-21)14(23)15(18,19)20/h1-2,7,9,14,23H,3-6,8H2. The lowest BCUT2D eigenvalue weighted by molar-refractivity contribution is -0.222. The van der Waals surface area contributed by atoms with Crippen LogP contribution in [-0.4, -0.2) is 41.3 Å². The van der Waals surface area contributed by atoms with Crippen LogP contribution in [-0.2, 0) is 11.2 Å². The van der Waals surface area contributed by atoms with Crippen molar-refractivity contribution in [2.75, 3.05) is 13.1 Å². The summed E-state index contributed by atoms with van der Waals surface area (Å²) in [7, 11) is 0. The first-order valence-electron chi connectivity index (χ1n) is 7.15. The van der Waals surface area contributed by atoms with Crippen molar-refractivity contribution in [2.45, 2.75) is 31.5 Å². The minimum absolute atomic E-state index is 0.0120. The van der Waals surface area contributed by atoms with Gasteiger partial charge in [-0.05, 0) is 37.0 Å². The highest BCUT2D eigenvalue weighted by Crippen LogP contribution is 2.31. The van der Waals surface area contributed by atoms with Crippen molar-refractivity contribution in [3.05, 3.63) is 35.4 Å². The Kier molecular flexibility index (Phi) is 5.23. The second-order valence-corrected chi connectivity index (χ2v) is 5.62. The van der Waals surface area contributed by atoms with Gasteiger partial charge in [-0.3, -0.25) is 4.79 Å². The Labute approximate surface area is 129 Å². The monoisotopic (exact) mass is 337 g/mol. The maximum absolute atomic E-state index is 13.5. The van der Waals surface area contributed by atoms with Crippen LogP contribution in [0.3, 0.4) is 0 Å². The predicted octanol–water partition coefficient (Wildman–Crippen LogP) is 2.67. The lowest BCUT2D eigenvalue weighted by Crippen LogP contribution is -2.45. The molecule has 8 heteroatoms. The van der Waals surface area contributed by atoms with Gasteiger partial charge in [0.05, 0.1) is 6.42 Å². The molecule has 1 amide bonds. The molecule has 1 fully saturated rings. The van der Waals surface area contributed by atoms with Crippen molar-refractivity contribution in [2.24, 2.45) is 5.92 Å². The van der Waals surface area contributed by atoms with E-state index in [1.165, 1.54) is 4.90 Å². The molecule has 1 aliphatic heterocycles. The van der Waals surface area contributed by atoms with Crippen molar-refractivity contribution in [1.82, 2.24) is 4.90 Å². The zero-order valence-electron chi connectivity index (χ0n) is 12.1. The van der Waals surface area contributed by atoms with E-state index in [2.05, 4.69) is 0 Å². The predicted molar refractivity (Wildman–Crippen MR) is 71.4 cm³/mol. The molecule has 1 atom stereocenters. The van der Waals surface area contributed by atoms with Gasteiger partial charge in [-0.1, -0.05) is 0 Å². The van der Waals surface area contributed by atoms with E-state index in [1.54, 1.807) is 0 Å². The smallest absolute Gasteiger partial charge is 0.383 e. The maximum Gasteiger partial charge on any atom is 0.414 e. The number of alkyl halides is 3. The molecule has 1 aromatic carbocycles. The van der Waals surface area contributed by atoms with Crippen LogP contribution in [0.4, 0.5) is 22.0 Å². The lowest BCUT2D eigenvalue weighted by atomic mass is 9.90. The summed E-state index contributed by atoms with van der Waals surface area (Å²) in [6.45, 7) is 0.0984. The van der Waals surface area contributed by atoms with Gasteiger partial charge in [0.15, 0.2) is 6.10 Å². The number of carbonyl (C=O) groups excluding carboxylic acids is 1. The van der Waals surface area contributed by atoms with Gasteiger partial charge >= 0.3 is 6.18 Å². The second-order valence-electron chi connectivity index (χ2n) is 5.62. The average molecular weight is 337 g/mol. The summed E-state index contributed by atoms with van der Waals surface area (Å²) in [5.74, 6) is -2.80. The fraction of sp³-hybridized carbons (Fsp3) is 0.533. The number of benzene rings is 1. The third kappa shape index (κ3) is 4.40. The number of piperidine rings is 1. The Morgan fingerprint density at radius 1 is 1.26 bits per heavy atom. The van der Waals surface area contributed by atoms with Gasteiger partial charge < -0.3 is 10.0 Å². The molecule has 0 bridgehead atoms. The highest BCUT2D eigenvalue weighted by molar-refractivity contribution is 5.78. The number of carbonyl (C=O) groups is 1. The van der Waals surface area contributed by atoms with Crippen LogP contribution in [0, 0.1) is 17.6 Å². The van der Waals surface area contributed by atoms with Crippen LogP contribution in [0.15, 0.2) is 18.2 Å². The quantitative estimate of drug-likeness (QED) is 0.862. The molecule has 0 saturated carbocycles. The molecule has 0 spiro atoms. The number of hydrogen-bond acceptors (Lipinski definition) is 2. The van der Waals surface area contributed by atoms with E-state index in [1.807, 2.05) is 0 Å². The van der Waals surface area contributed by atoms with Crippen LogP contribution in [0.25, 0.3) is 0 Å². The number of nitrogens with zero attached hydrogens (tertiary/aromatic N) is 1.